The highest BCUT2D eigenvalue weighted by molar-refractivity contribution is 7.99. The zero-order valence-corrected chi connectivity index (χ0v) is 10.7. The summed E-state index contributed by atoms with van der Waals surface area (Å²) in [5.41, 5.74) is 11.4. The molecule has 0 unspecified atom stereocenters. The fourth-order valence-electron chi connectivity index (χ4n) is 1.13. The van der Waals surface area contributed by atoms with Crippen LogP contribution in [0.4, 0.5) is 15.8 Å². The van der Waals surface area contributed by atoms with E-state index in [1.165, 1.54) is 13.2 Å². The Labute approximate surface area is 107 Å². The van der Waals surface area contributed by atoms with E-state index in [9.17, 15) is 9.18 Å². The van der Waals surface area contributed by atoms with Crippen LogP contribution in [0.2, 0.25) is 5.02 Å². The number of thioether (sulfide) groups is 1. The molecule has 0 radical (unpaired) electrons. The summed E-state index contributed by atoms with van der Waals surface area (Å²) in [7, 11) is 1.29. The lowest BCUT2D eigenvalue weighted by Crippen LogP contribution is -2.02. The highest BCUT2D eigenvalue weighted by atomic mass is 35.5. The van der Waals surface area contributed by atoms with Crippen LogP contribution >= 0.6 is 23.4 Å². The molecule has 0 atom stereocenters. The molecular formula is C10H12ClFN2O2S. The Morgan fingerprint density at radius 1 is 1.53 bits per heavy atom. The lowest BCUT2D eigenvalue weighted by molar-refractivity contribution is -0.140. The van der Waals surface area contributed by atoms with Crippen LogP contribution in [0, 0.1) is 5.82 Å². The minimum Gasteiger partial charge on any atom is -0.469 e. The topological polar surface area (TPSA) is 78.3 Å². The maximum absolute atomic E-state index is 13.7. The minimum absolute atomic E-state index is 0.0963. The number of carbonyl (C=O) groups is 1. The van der Waals surface area contributed by atoms with Crippen LogP contribution in [-0.2, 0) is 9.53 Å². The van der Waals surface area contributed by atoms with Crippen molar-refractivity contribution in [2.45, 2.75) is 11.3 Å². The second-order valence-corrected chi connectivity index (χ2v) is 4.67. The molecule has 0 aliphatic carbocycles. The normalized spacial score (nSPS) is 10.3. The Morgan fingerprint density at radius 2 is 2.18 bits per heavy atom. The molecule has 0 amide bonds. The average Bonchev–Trinajstić information content (AvgIpc) is 2.30. The van der Waals surface area contributed by atoms with Gasteiger partial charge in [0.1, 0.15) is 5.02 Å². The first-order chi connectivity index (χ1) is 7.97. The van der Waals surface area contributed by atoms with Gasteiger partial charge in [-0.25, -0.2) is 4.39 Å². The number of esters is 1. The summed E-state index contributed by atoms with van der Waals surface area (Å²) in [6, 6.07) is 1.39. The Hall–Kier alpha value is -1.14. The first kappa shape index (κ1) is 13.9. The number of ether oxygens (including phenoxy) is 1. The molecule has 1 rings (SSSR count). The third-order valence-electron chi connectivity index (χ3n) is 2.00. The molecule has 0 aliphatic heterocycles. The molecule has 17 heavy (non-hydrogen) atoms. The van der Waals surface area contributed by atoms with Gasteiger partial charge in [-0.15, -0.1) is 11.8 Å². The van der Waals surface area contributed by atoms with Crippen LogP contribution in [0.3, 0.4) is 0 Å². The van der Waals surface area contributed by atoms with Crippen molar-refractivity contribution in [1.29, 1.82) is 0 Å². The number of hydrogen-bond acceptors (Lipinski definition) is 5. The molecule has 7 heteroatoms. The van der Waals surface area contributed by atoms with Crippen molar-refractivity contribution in [2.24, 2.45) is 0 Å². The SMILES string of the molecule is COC(=O)CCSc1c(N)cc(N)c(Cl)c1F. The van der Waals surface area contributed by atoms with Crippen molar-refractivity contribution in [1.82, 2.24) is 0 Å². The Kier molecular flexibility index (Phi) is 4.89. The largest absolute Gasteiger partial charge is 0.469 e. The smallest absolute Gasteiger partial charge is 0.306 e. The standard InChI is InChI=1S/C10H12ClFN2O2S/c1-16-7(15)2-3-17-10-6(14)4-5(13)8(11)9(10)12/h4H,2-3,13-14H2,1H3. The summed E-state index contributed by atoms with van der Waals surface area (Å²) >= 11 is 6.76. The van der Waals surface area contributed by atoms with E-state index in [1.807, 2.05) is 0 Å². The van der Waals surface area contributed by atoms with Gasteiger partial charge in [-0.05, 0) is 6.07 Å². The molecule has 4 N–H and O–H groups in total. The maximum Gasteiger partial charge on any atom is 0.306 e. The lowest BCUT2D eigenvalue weighted by atomic mass is 10.3. The van der Waals surface area contributed by atoms with Crippen LogP contribution < -0.4 is 11.5 Å². The number of benzene rings is 1. The summed E-state index contributed by atoms with van der Waals surface area (Å²) in [4.78, 5) is 11.1. The Morgan fingerprint density at radius 3 is 2.76 bits per heavy atom. The monoisotopic (exact) mass is 278 g/mol. The molecule has 1 aromatic carbocycles. The van der Waals surface area contributed by atoms with Gasteiger partial charge in [-0.1, -0.05) is 11.6 Å². The van der Waals surface area contributed by atoms with Gasteiger partial charge in [0, 0.05) is 5.75 Å². The molecule has 0 aromatic heterocycles. The third-order valence-corrected chi connectivity index (χ3v) is 3.49. The summed E-state index contributed by atoms with van der Waals surface area (Å²) in [6.07, 6.45) is 0.169. The molecule has 1 aromatic rings. The average molecular weight is 279 g/mol. The predicted molar refractivity (Wildman–Crippen MR) is 67.6 cm³/mol. The van der Waals surface area contributed by atoms with Crippen molar-refractivity contribution >= 4 is 40.7 Å². The molecule has 0 bridgehead atoms. The summed E-state index contributed by atoms with van der Waals surface area (Å²) in [5, 5.41) is -0.153. The number of anilines is 2. The number of nitrogen functional groups attached to an aromatic ring is 2. The van der Waals surface area contributed by atoms with E-state index in [2.05, 4.69) is 4.74 Å². The Balaban J connectivity index is 2.78. The van der Waals surface area contributed by atoms with Crippen molar-refractivity contribution in [2.75, 3.05) is 24.3 Å². The molecule has 94 valence electrons. The second kappa shape index (κ2) is 5.97. The van der Waals surface area contributed by atoms with E-state index in [0.717, 1.165) is 11.8 Å². The molecule has 0 heterocycles. The predicted octanol–water partition coefficient (Wildman–Crippen LogP) is 2.30. The van der Waals surface area contributed by atoms with Crippen molar-refractivity contribution < 1.29 is 13.9 Å². The van der Waals surface area contributed by atoms with Gasteiger partial charge >= 0.3 is 5.97 Å². The van der Waals surface area contributed by atoms with Crippen LogP contribution in [0.1, 0.15) is 6.42 Å². The van der Waals surface area contributed by atoms with E-state index in [1.54, 1.807) is 0 Å². The number of carbonyl (C=O) groups excluding carboxylic acids is 1. The fraction of sp³-hybridized carbons (Fsp3) is 0.300. The van der Waals surface area contributed by atoms with Gasteiger partial charge in [-0.3, -0.25) is 4.79 Å². The third kappa shape index (κ3) is 3.41. The molecule has 0 fully saturated rings. The fourth-order valence-corrected chi connectivity index (χ4v) is 2.27. The number of halogens is 2. The van der Waals surface area contributed by atoms with Crippen molar-refractivity contribution in [3.05, 3.63) is 16.9 Å². The molecular weight excluding hydrogens is 267 g/mol. The maximum atomic E-state index is 13.7. The van der Waals surface area contributed by atoms with Crippen molar-refractivity contribution in [3.63, 3.8) is 0 Å². The van der Waals surface area contributed by atoms with E-state index in [4.69, 9.17) is 23.1 Å². The molecule has 0 spiro atoms. The molecule has 0 saturated carbocycles. The van der Waals surface area contributed by atoms with E-state index < -0.39 is 5.82 Å². The van der Waals surface area contributed by atoms with Gasteiger partial charge in [0.05, 0.1) is 29.8 Å². The van der Waals surface area contributed by atoms with Gasteiger partial charge in [-0.2, -0.15) is 0 Å². The van der Waals surface area contributed by atoms with Crippen LogP contribution in [-0.4, -0.2) is 18.8 Å². The first-order valence-electron chi connectivity index (χ1n) is 4.70. The minimum atomic E-state index is -0.654. The van der Waals surface area contributed by atoms with Gasteiger partial charge in [0.25, 0.3) is 0 Å². The lowest BCUT2D eigenvalue weighted by Gasteiger charge is -2.09. The van der Waals surface area contributed by atoms with Gasteiger partial charge in [0.15, 0.2) is 5.82 Å². The van der Waals surface area contributed by atoms with Gasteiger partial charge in [0.2, 0.25) is 0 Å². The zero-order valence-electron chi connectivity index (χ0n) is 9.13. The van der Waals surface area contributed by atoms with Gasteiger partial charge < -0.3 is 16.2 Å². The first-order valence-corrected chi connectivity index (χ1v) is 6.06. The van der Waals surface area contributed by atoms with E-state index in [-0.39, 0.29) is 33.7 Å². The number of methoxy groups -OCH3 is 1. The number of hydrogen-bond donors (Lipinski definition) is 2. The van der Waals surface area contributed by atoms with E-state index >= 15 is 0 Å². The van der Waals surface area contributed by atoms with Crippen LogP contribution in [0.25, 0.3) is 0 Å². The summed E-state index contributed by atoms with van der Waals surface area (Å²) < 4.78 is 18.2. The highest BCUT2D eigenvalue weighted by Gasteiger charge is 2.15. The highest BCUT2D eigenvalue weighted by Crippen LogP contribution is 2.36. The quantitative estimate of drug-likeness (QED) is 0.502. The summed E-state index contributed by atoms with van der Waals surface area (Å²) in [6.45, 7) is 0. The zero-order chi connectivity index (χ0) is 13.0. The van der Waals surface area contributed by atoms with Crippen LogP contribution in [0.5, 0.6) is 0 Å². The summed E-state index contributed by atoms with van der Waals surface area (Å²) in [5.74, 6) is -0.661. The molecule has 4 nitrogen and oxygen atoms in total. The number of rotatable bonds is 4. The molecule has 0 saturated heterocycles. The Bertz CT molecular complexity index is 443. The molecule has 0 aliphatic rings. The van der Waals surface area contributed by atoms with Crippen molar-refractivity contribution in [3.8, 4) is 0 Å². The second-order valence-electron chi connectivity index (χ2n) is 3.19. The van der Waals surface area contributed by atoms with Crippen LogP contribution in [0.15, 0.2) is 11.0 Å². The number of nitrogens with two attached hydrogens (primary N) is 2. The van der Waals surface area contributed by atoms with E-state index in [0.29, 0.717) is 5.75 Å².